The molecule has 3 rings (SSSR count). The second kappa shape index (κ2) is 3.30. The molecule has 0 saturated carbocycles. The van der Waals surface area contributed by atoms with Crippen molar-refractivity contribution in [1.29, 1.82) is 0 Å². The van der Waals surface area contributed by atoms with Gasteiger partial charge in [-0.05, 0) is 12.1 Å². The van der Waals surface area contributed by atoms with E-state index in [2.05, 4.69) is 15.1 Å². The SMILES string of the molecule is O=Cc1cnn(-c2nc3ccccc3[nH]2)c1. The monoisotopic (exact) mass is 212 g/mol. The number of carbonyl (C=O) groups is 1. The van der Waals surface area contributed by atoms with Crippen LogP contribution in [0.4, 0.5) is 0 Å². The van der Waals surface area contributed by atoms with Gasteiger partial charge < -0.3 is 4.98 Å². The molecular formula is C11H8N4O. The summed E-state index contributed by atoms with van der Waals surface area (Å²) in [5.74, 6) is 0.606. The molecule has 78 valence electrons. The summed E-state index contributed by atoms with van der Waals surface area (Å²) in [5.41, 5.74) is 2.35. The number of nitrogens with one attached hydrogen (secondary N) is 1. The van der Waals surface area contributed by atoms with Gasteiger partial charge >= 0.3 is 0 Å². The van der Waals surface area contributed by atoms with Crippen molar-refractivity contribution in [3.8, 4) is 5.95 Å². The molecule has 2 aromatic heterocycles. The summed E-state index contributed by atoms with van der Waals surface area (Å²) < 4.78 is 1.55. The van der Waals surface area contributed by atoms with Gasteiger partial charge in [0.15, 0.2) is 6.29 Å². The number of para-hydroxylation sites is 2. The zero-order valence-corrected chi connectivity index (χ0v) is 8.29. The summed E-state index contributed by atoms with van der Waals surface area (Å²) in [6.07, 6.45) is 3.89. The van der Waals surface area contributed by atoms with Crippen molar-refractivity contribution < 1.29 is 4.79 Å². The van der Waals surface area contributed by atoms with Crippen LogP contribution in [0.25, 0.3) is 17.0 Å². The normalized spacial score (nSPS) is 10.8. The number of fused-ring (bicyclic) bond motifs is 1. The second-order valence-corrected chi connectivity index (χ2v) is 3.41. The highest BCUT2D eigenvalue weighted by Crippen LogP contribution is 2.12. The molecule has 5 heteroatoms. The van der Waals surface area contributed by atoms with E-state index in [1.807, 2.05) is 24.3 Å². The Labute approximate surface area is 90.7 Å². The largest absolute Gasteiger partial charge is 0.322 e. The molecule has 2 heterocycles. The maximum atomic E-state index is 10.5. The van der Waals surface area contributed by atoms with Gasteiger partial charge in [-0.2, -0.15) is 5.10 Å². The molecule has 0 radical (unpaired) electrons. The highest BCUT2D eigenvalue weighted by atomic mass is 16.1. The topological polar surface area (TPSA) is 63.6 Å². The molecule has 1 aromatic carbocycles. The van der Waals surface area contributed by atoms with E-state index in [1.54, 1.807) is 10.9 Å². The molecule has 0 atom stereocenters. The smallest absolute Gasteiger partial charge is 0.229 e. The Morgan fingerprint density at radius 3 is 2.94 bits per heavy atom. The van der Waals surface area contributed by atoms with Gasteiger partial charge in [0.25, 0.3) is 0 Å². The van der Waals surface area contributed by atoms with Gasteiger partial charge in [0.05, 0.1) is 22.8 Å². The number of carbonyl (C=O) groups excluding carboxylic acids is 1. The Kier molecular flexibility index (Phi) is 1.83. The Morgan fingerprint density at radius 1 is 1.31 bits per heavy atom. The molecular weight excluding hydrogens is 204 g/mol. The minimum atomic E-state index is 0.528. The first-order chi connectivity index (χ1) is 7.86. The first-order valence-electron chi connectivity index (χ1n) is 4.82. The van der Waals surface area contributed by atoms with Crippen molar-refractivity contribution >= 4 is 17.3 Å². The molecule has 0 saturated heterocycles. The van der Waals surface area contributed by atoms with Crippen molar-refractivity contribution in [2.45, 2.75) is 0 Å². The fourth-order valence-electron chi connectivity index (χ4n) is 1.56. The van der Waals surface area contributed by atoms with E-state index in [-0.39, 0.29) is 0 Å². The summed E-state index contributed by atoms with van der Waals surface area (Å²) in [6.45, 7) is 0. The molecule has 0 spiro atoms. The van der Waals surface area contributed by atoms with Crippen molar-refractivity contribution in [3.63, 3.8) is 0 Å². The van der Waals surface area contributed by atoms with Crippen molar-refractivity contribution in [1.82, 2.24) is 19.7 Å². The Morgan fingerprint density at radius 2 is 2.19 bits per heavy atom. The minimum Gasteiger partial charge on any atom is -0.322 e. The molecule has 1 N–H and O–H groups in total. The van der Waals surface area contributed by atoms with Crippen LogP contribution in [0.2, 0.25) is 0 Å². The molecule has 0 unspecified atom stereocenters. The van der Waals surface area contributed by atoms with Crippen LogP contribution in [0.15, 0.2) is 36.7 Å². The van der Waals surface area contributed by atoms with Crippen LogP contribution in [0.1, 0.15) is 10.4 Å². The molecule has 0 aliphatic heterocycles. The summed E-state index contributed by atoms with van der Waals surface area (Å²) in [6, 6.07) is 7.71. The standard InChI is InChI=1S/C11H8N4O/c16-7-8-5-12-15(6-8)11-13-9-3-1-2-4-10(9)14-11/h1-7H,(H,13,14). The van der Waals surface area contributed by atoms with E-state index < -0.39 is 0 Å². The van der Waals surface area contributed by atoms with Crippen LogP contribution < -0.4 is 0 Å². The van der Waals surface area contributed by atoms with E-state index in [4.69, 9.17) is 0 Å². The number of nitrogens with zero attached hydrogens (tertiary/aromatic N) is 3. The van der Waals surface area contributed by atoms with Crippen molar-refractivity contribution in [2.24, 2.45) is 0 Å². The number of hydrogen-bond donors (Lipinski definition) is 1. The van der Waals surface area contributed by atoms with Gasteiger partial charge in [-0.3, -0.25) is 4.79 Å². The number of benzene rings is 1. The molecule has 0 fully saturated rings. The number of aromatic nitrogens is 4. The molecule has 0 aliphatic rings. The van der Waals surface area contributed by atoms with Crippen LogP contribution in [-0.4, -0.2) is 26.0 Å². The lowest BCUT2D eigenvalue weighted by atomic mass is 10.3. The number of aromatic amines is 1. The van der Waals surface area contributed by atoms with E-state index >= 15 is 0 Å². The Bertz CT molecular complexity index is 620. The van der Waals surface area contributed by atoms with Crippen LogP contribution in [0, 0.1) is 0 Å². The van der Waals surface area contributed by atoms with E-state index in [0.29, 0.717) is 11.5 Å². The van der Waals surface area contributed by atoms with Crippen molar-refractivity contribution in [2.75, 3.05) is 0 Å². The van der Waals surface area contributed by atoms with Gasteiger partial charge in [0.2, 0.25) is 5.95 Å². The lowest BCUT2D eigenvalue weighted by Crippen LogP contribution is -1.96. The van der Waals surface area contributed by atoms with Crippen molar-refractivity contribution in [3.05, 3.63) is 42.2 Å². The summed E-state index contributed by atoms with van der Waals surface area (Å²) in [7, 11) is 0. The maximum Gasteiger partial charge on any atom is 0.229 e. The molecule has 5 nitrogen and oxygen atoms in total. The predicted octanol–water partition coefficient (Wildman–Crippen LogP) is 1.56. The zero-order valence-electron chi connectivity index (χ0n) is 8.29. The van der Waals surface area contributed by atoms with E-state index in [0.717, 1.165) is 17.3 Å². The van der Waals surface area contributed by atoms with Gasteiger partial charge in [0.1, 0.15) is 0 Å². The molecule has 0 amide bonds. The highest BCUT2D eigenvalue weighted by Gasteiger charge is 2.05. The third-order valence-corrected chi connectivity index (χ3v) is 2.33. The van der Waals surface area contributed by atoms with Gasteiger partial charge in [-0.1, -0.05) is 12.1 Å². The quantitative estimate of drug-likeness (QED) is 0.655. The Balaban J connectivity index is 2.14. The second-order valence-electron chi connectivity index (χ2n) is 3.41. The fraction of sp³-hybridized carbons (Fsp3) is 0. The zero-order chi connectivity index (χ0) is 11.0. The predicted molar refractivity (Wildman–Crippen MR) is 58.6 cm³/mol. The molecule has 3 aromatic rings. The van der Waals surface area contributed by atoms with Gasteiger partial charge in [0, 0.05) is 6.20 Å². The fourth-order valence-corrected chi connectivity index (χ4v) is 1.56. The van der Waals surface area contributed by atoms with Gasteiger partial charge in [-0.25, -0.2) is 9.67 Å². The average molecular weight is 212 g/mol. The van der Waals surface area contributed by atoms with Gasteiger partial charge in [-0.15, -0.1) is 0 Å². The number of imidazole rings is 1. The third-order valence-electron chi connectivity index (χ3n) is 2.33. The molecule has 16 heavy (non-hydrogen) atoms. The van der Waals surface area contributed by atoms with E-state index in [1.165, 1.54) is 6.20 Å². The first kappa shape index (κ1) is 8.84. The number of hydrogen-bond acceptors (Lipinski definition) is 3. The van der Waals surface area contributed by atoms with Crippen LogP contribution >= 0.6 is 0 Å². The highest BCUT2D eigenvalue weighted by molar-refractivity contribution is 5.76. The van der Waals surface area contributed by atoms with Crippen LogP contribution in [0.5, 0.6) is 0 Å². The average Bonchev–Trinajstić information content (AvgIpc) is 2.95. The summed E-state index contributed by atoms with van der Waals surface area (Å²) >= 11 is 0. The molecule has 0 aliphatic carbocycles. The summed E-state index contributed by atoms with van der Waals surface area (Å²) in [5, 5.41) is 4.04. The minimum absolute atomic E-state index is 0.528. The van der Waals surface area contributed by atoms with Crippen LogP contribution in [-0.2, 0) is 0 Å². The Hall–Kier alpha value is -2.43. The molecule has 0 bridgehead atoms. The third kappa shape index (κ3) is 1.30. The number of rotatable bonds is 2. The lowest BCUT2D eigenvalue weighted by Gasteiger charge is -1.91. The number of H-pyrrole nitrogens is 1. The summed E-state index contributed by atoms with van der Waals surface area (Å²) in [4.78, 5) is 18.0. The van der Waals surface area contributed by atoms with Crippen LogP contribution in [0.3, 0.4) is 0 Å². The maximum absolute atomic E-state index is 10.5. The van der Waals surface area contributed by atoms with E-state index in [9.17, 15) is 4.79 Å². The first-order valence-corrected chi connectivity index (χ1v) is 4.82. The lowest BCUT2D eigenvalue weighted by molar-refractivity contribution is 0.112. The number of aldehydes is 1.